The average molecular weight is 367 g/mol. The molecule has 0 N–H and O–H groups in total. The first-order chi connectivity index (χ1) is 12.4. The molecule has 0 spiro atoms. The number of fused-ring (bicyclic) bond motifs is 3. The van der Waals surface area contributed by atoms with Crippen LogP contribution in [0.4, 0.5) is 0 Å². The Balaban J connectivity index is 1.75. The average Bonchev–Trinajstić information content (AvgIpc) is 2.87. The zero-order chi connectivity index (χ0) is 18.5. The number of hydroxylamine groups is 2. The van der Waals surface area contributed by atoms with E-state index in [4.69, 9.17) is 4.28 Å². The molecule has 3 aromatic rings. The molecule has 4 rings (SSSR count). The highest BCUT2D eigenvalue weighted by Gasteiger charge is 2.41. The fourth-order valence-electron chi connectivity index (χ4n) is 2.90. The lowest BCUT2D eigenvalue weighted by atomic mass is 10.0. The molecule has 0 saturated heterocycles. The van der Waals surface area contributed by atoms with Gasteiger partial charge in [-0.1, -0.05) is 48.0 Å². The summed E-state index contributed by atoms with van der Waals surface area (Å²) in [4.78, 5) is 25.1. The summed E-state index contributed by atoms with van der Waals surface area (Å²) in [6.07, 6.45) is 0. The first-order valence-electron chi connectivity index (χ1n) is 7.80. The van der Waals surface area contributed by atoms with Crippen LogP contribution in [0.15, 0.2) is 65.6 Å². The van der Waals surface area contributed by atoms with Crippen LogP contribution < -0.4 is 0 Å². The maximum absolute atomic E-state index is 12.7. The number of nitrogens with zero attached hydrogens (tertiary/aromatic N) is 1. The Morgan fingerprint density at radius 2 is 1.54 bits per heavy atom. The minimum absolute atomic E-state index is 0.118. The largest absolute Gasteiger partial charge is 0.318 e. The van der Waals surface area contributed by atoms with Gasteiger partial charge in [0.25, 0.3) is 11.8 Å². The first-order valence-corrected chi connectivity index (χ1v) is 9.21. The molecule has 6 nitrogen and oxygen atoms in total. The van der Waals surface area contributed by atoms with Crippen molar-refractivity contribution in [3.63, 3.8) is 0 Å². The molecule has 0 aliphatic carbocycles. The number of rotatable bonds is 3. The maximum Gasteiger partial charge on any atom is 0.318 e. The van der Waals surface area contributed by atoms with Crippen LogP contribution in [0.5, 0.6) is 0 Å². The lowest BCUT2D eigenvalue weighted by Crippen LogP contribution is -2.32. The van der Waals surface area contributed by atoms with Crippen LogP contribution in [0.2, 0.25) is 0 Å². The van der Waals surface area contributed by atoms with E-state index in [-0.39, 0.29) is 16.0 Å². The molecule has 1 aliphatic rings. The molecule has 0 fully saturated rings. The summed E-state index contributed by atoms with van der Waals surface area (Å²) in [6.45, 7) is 1.81. The highest BCUT2D eigenvalue weighted by atomic mass is 32.2. The van der Waals surface area contributed by atoms with Crippen LogP contribution in [0, 0.1) is 6.92 Å². The second-order valence-corrected chi connectivity index (χ2v) is 7.48. The van der Waals surface area contributed by atoms with Gasteiger partial charge in [0.1, 0.15) is 0 Å². The number of amides is 2. The van der Waals surface area contributed by atoms with Crippen molar-refractivity contribution in [3.8, 4) is 0 Å². The van der Waals surface area contributed by atoms with Gasteiger partial charge in [-0.25, -0.2) is 0 Å². The molecule has 0 radical (unpaired) electrons. The third kappa shape index (κ3) is 2.49. The normalized spacial score (nSPS) is 14.1. The van der Waals surface area contributed by atoms with E-state index in [0.717, 1.165) is 10.9 Å². The lowest BCUT2D eigenvalue weighted by Gasteiger charge is -2.13. The van der Waals surface area contributed by atoms with E-state index in [2.05, 4.69) is 0 Å². The Kier molecular flexibility index (Phi) is 3.64. The third-order valence-electron chi connectivity index (χ3n) is 4.22. The van der Waals surface area contributed by atoms with Crippen molar-refractivity contribution in [2.75, 3.05) is 0 Å². The zero-order valence-corrected chi connectivity index (χ0v) is 14.5. The van der Waals surface area contributed by atoms with Crippen LogP contribution in [-0.4, -0.2) is 25.3 Å². The molecule has 1 heterocycles. The highest BCUT2D eigenvalue weighted by molar-refractivity contribution is 7.86. The monoisotopic (exact) mass is 367 g/mol. The summed E-state index contributed by atoms with van der Waals surface area (Å²) in [6, 6.07) is 16.2. The molecule has 130 valence electrons. The Morgan fingerprint density at radius 1 is 0.846 bits per heavy atom. The van der Waals surface area contributed by atoms with E-state index in [1.54, 1.807) is 36.4 Å². The van der Waals surface area contributed by atoms with Crippen LogP contribution in [-0.2, 0) is 14.4 Å². The number of hydrogen-bond donors (Lipinski definition) is 0. The van der Waals surface area contributed by atoms with Gasteiger partial charge < -0.3 is 0 Å². The highest BCUT2D eigenvalue weighted by Crippen LogP contribution is 2.31. The minimum atomic E-state index is -4.31. The van der Waals surface area contributed by atoms with Crippen LogP contribution in [0.1, 0.15) is 26.3 Å². The van der Waals surface area contributed by atoms with Crippen molar-refractivity contribution < 1.29 is 22.3 Å². The molecule has 7 heteroatoms. The van der Waals surface area contributed by atoms with Crippen molar-refractivity contribution in [1.29, 1.82) is 0 Å². The van der Waals surface area contributed by atoms with Crippen molar-refractivity contribution in [2.45, 2.75) is 11.8 Å². The molecular weight excluding hydrogens is 354 g/mol. The summed E-state index contributed by atoms with van der Waals surface area (Å²) in [5.74, 6) is -1.59. The molecule has 0 saturated carbocycles. The minimum Gasteiger partial charge on any atom is -0.266 e. The van der Waals surface area contributed by atoms with Crippen molar-refractivity contribution in [2.24, 2.45) is 0 Å². The molecular formula is C19H13NO5S. The van der Waals surface area contributed by atoms with Gasteiger partial charge in [0.15, 0.2) is 0 Å². The standard InChI is InChI=1S/C19H13NO5S/c1-12-6-9-14(10-7-12)26(23,24)25-20-18(21)16-11-8-13-4-2-3-5-15(13)17(16)19(20)22/h2-11H,1H3. The molecule has 0 unspecified atom stereocenters. The van der Waals surface area contributed by atoms with E-state index in [0.29, 0.717) is 10.4 Å². The number of carbonyl (C=O) groups is 2. The topological polar surface area (TPSA) is 80.8 Å². The van der Waals surface area contributed by atoms with Gasteiger partial charge in [-0.3, -0.25) is 9.59 Å². The second kappa shape index (κ2) is 5.76. The summed E-state index contributed by atoms with van der Waals surface area (Å²) in [5.41, 5.74) is 1.14. The maximum atomic E-state index is 12.7. The fourth-order valence-corrected chi connectivity index (χ4v) is 3.78. The predicted molar refractivity (Wildman–Crippen MR) is 93.9 cm³/mol. The molecule has 2 amide bonds. The van der Waals surface area contributed by atoms with Gasteiger partial charge in [-0.2, -0.15) is 8.42 Å². The molecule has 1 aliphatic heterocycles. The number of imide groups is 1. The number of hydrogen-bond acceptors (Lipinski definition) is 5. The van der Waals surface area contributed by atoms with Gasteiger partial charge in [0, 0.05) is 0 Å². The zero-order valence-electron chi connectivity index (χ0n) is 13.7. The first kappa shape index (κ1) is 16.4. The van der Waals surface area contributed by atoms with E-state index in [1.165, 1.54) is 18.2 Å². The Bertz CT molecular complexity index is 1170. The van der Waals surface area contributed by atoms with Crippen LogP contribution >= 0.6 is 0 Å². The Morgan fingerprint density at radius 3 is 2.27 bits per heavy atom. The quantitative estimate of drug-likeness (QED) is 0.665. The summed E-state index contributed by atoms with van der Waals surface area (Å²) in [5, 5.41) is 1.66. The molecule has 0 bridgehead atoms. The van der Waals surface area contributed by atoms with E-state index in [9.17, 15) is 18.0 Å². The Hall–Kier alpha value is -3.03. The molecule has 0 atom stereocenters. The predicted octanol–water partition coefficient (Wildman–Crippen LogP) is 3.06. The second-order valence-electron chi connectivity index (χ2n) is 5.96. The molecule has 0 aromatic heterocycles. The summed E-state index contributed by atoms with van der Waals surface area (Å²) >= 11 is 0. The fraction of sp³-hybridized carbons (Fsp3) is 0.0526. The van der Waals surface area contributed by atoms with Gasteiger partial charge in [0.2, 0.25) is 0 Å². The van der Waals surface area contributed by atoms with Crippen molar-refractivity contribution >= 4 is 32.7 Å². The lowest BCUT2D eigenvalue weighted by molar-refractivity contribution is -0.0103. The van der Waals surface area contributed by atoms with Crippen LogP contribution in [0.3, 0.4) is 0 Å². The van der Waals surface area contributed by atoms with Crippen molar-refractivity contribution in [1.82, 2.24) is 5.06 Å². The number of aryl methyl sites for hydroxylation is 1. The number of benzene rings is 3. The third-order valence-corrected chi connectivity index (χ3v) is 5.42. The van der Waals surface area contributed by atoms with E-state index in [1.807, 2.05) is 13.0 Å². The molecule has 26 heavy (non-hydrogen) atoms. The van der Waals surface area contributed by atoms with Gasteiger partial charge >= 0.3 is 10.1 Å². The van der Waals surface area contributed by atoms with Gasteiger partial charge in [-0.15, -0.1) is 9.35 Å². The molecule has 3 aromatic carbocycles. The number of carbonyl (C=O) groups excluding carboxylic acids is 2. The van der Waals surface area contributed by atoms with Crippen LogP contribution in [0.25, 0.3) is 10.8 Å². The van der Waals surface area contributed by atoms with Gasteiger partial charge in [0.05, 0.1) is 16.0 Å². The summed E-state index contributed by atoms with van der Waals surface area (Å²) < 4.78 is 29.8. The summed E-state index contributed by atoms with van der Waals surface area (Å²) in [7, 11) is -4.31. The smallest absolute Gasteiger partial charge is 0.266 e. The van der Waals surface area contributed by atoms with Crippen molar-refractivity contribution in [3.05, 3.63) is 77.4 Å². The van der Waals surface area contributed by atoms with E-state index >= 15 is 0 Å². The van der Waals surface area contributed by atoms with E-state index < -0.39 is 21.9 Å². The van der Waals surface area contributed by atoms with Gasteiger partial charge in [-0.05, 0) is 35.9 Å². The SMILES string of the molecule is Cc1ccc(S(=O)(=O)ON2C(=O)c3ccc4ccccc4c3C2=O)cc1. The Labute approximate surface area is 149 Å².